The first kappa shape index (κ1) is 11.9. The molecule has 0 bridgehead atoms. The molecule has 0 saturated carbocycles. The summed E-state index contributed by atoms with van der Waals surface area (Å²) in [7, 11) is 0. The molecule has 0 atom stereocenters. The van der Waals surface area contributed by atoms with E-state index in [9.17, 15) is 0 Å². The molecule has 2 aromatic heterocycles. The molecule has 0 aliphatic heterocycles. The van der Waals surface area contributed by atoms with Gasteiger partial charge in [0.2, 0.25) is 0 Å². The predicted molar refractivity (Wildman–Crippen MR) is 72.8 cm³/mol. The number of aromatic nitrogens is 3. The lowest BCUT2D eigenvalue weighted by molar-refractivity contribution is 1.06. The van der Waals surface area contributed by atoms with Crippen LogP contribution in [0.1, 0.15) is 5.69 Å². The van der Waals surface area contributed by atoms with Gasteiger partial charge in [0.05, 0.1) is 4.47 Å². The molecular formula is C10H7Br2N3S. The van der Waals surface area contributed by atoms with Crippen LogP contribution in [-0.4, -0.2) is 15.0 Å². The van der Waals surface area contributed by atoms with Gasteiger partial charge in [-0.1, -0.05) is 12.2 Å². The molecule has 2 rings (SSSR count). The van der Waals surface area contributed by atoms with E-state index in [1.807, 2.05) is 19.1 Å². The van der Waals surface area contributed by atoms with E-state index >= 15 is 0 Å². The normalized spacial score (nSPS) is 10.4. The van der Waals surface area contributed by atoms with Crippen molar-refractivity contribution < 1.29 is 0 Å². The van der Waals surface area contributed by atoms with Crippen LogP contribution in [-0.2, 0) is 0 Å². The minimum Gasteiger partial charge on any atom is -0.341 e. The maximum Gasteiger partial charge on any atom is 0.157 e. The van der Waals surface area contributed by atoms with Crippen molar-refractivity contribution in [2.45, 2.75) is 6.92 Å². The smallest absolute Gasteiger partial charge is 0.157 e. The van der Waals surface area contributed by atoms with Crippen molar-refractivity contribution in [3.63, 3.8) is 0 Å². The highest BCUT2D eigenvalue weighted by Crippen LogP contribution is 2.20. The summed E-state index contributed by atoms with van der Waals surface area (Å²) in [5, 5.41) is 0. The van der Waals surface area contributed by atoms with Crippen molar-refractivity contribution in [3.05, 3.63) is 37.6 Å². The molecule has 0 aliphatic rings. The molecule has 0 saturated heterocycles. The number of aryl methyl sites for hydroxylation is 1. The van der Waals surface area contributed by atoms with Crippen molar-refractivity contribution in [3.8, 4) is 11.5 Å². The fourth-order valence-electron chi connectivity index (χ4n) is 1.21. The first-order valence-electron chi connectivity index (χ1n) is 4.46. The number of H-pyrrole nitrogens is 1. The van der Waals surface area contributed by atoms with Gasteiger partial charge in [0, 0.05) is 16.4 Å². The fraction of sp³-hybridized carbons (Fsp3) is 0.100. The molecule has 0 amide bonds. The highest BCUT2D eigenvalue weighted by Gasteiger charge is 2.05. The van der Waals surface area contributed by atoms with E-state index in [2.05, 4.69) is 46.8 Å². The van der Waals surface area contributed by atoms with Gasteiger partial charge in [0.1, 0.15) is 10.3 Å². The summed E-state index contributed by atoms with van der Waals surface area (Å²) in [6, 6.07) is 3.79. The number of rotatable bonds is 1. The zero-order chi connectivity index (χ0) is 11.7. The number of nitrogens with one attached hydrogen (secondary N) is 1. The van der Waals surface area contributed by atoms with Gasteiger partial charge in [0.25, 0.3) is 0 Å². The molecule has 2 heterocycles. The molecule has 1 N–H and O–H groups in total. The van der Waals surface area contributed by atoms with Crippen molar-refractivity contribution in [1.82, 2.24) is 15.0 Å². The van der Waals surface area contributed by atoms with Gasteiger partial charge in [-0.05, 0) is 50.9 Å². The molecule has 0 aliphatic carbocycles. The second-order valence-electron chi connectivity index (χ2n) is 3.19. The van der Waals surface area contributed by atoms with Crippen LogP contribution in [0.5, 0.6) is 0 Å². The van der Waals surface area contributed by atoms with Crippen LogP contribution in [0.25, 0.3) is 11.5 Å². The largest absolute Gasteiger partial charge is 0.341 e. The zero-order valence-corrected chi connectivity index (χ0v) is 12.3. The lowest BCUT2D eigenvalue weighted by Crippen LogP contribution is -1.95. The molecule has 0 spiro atoms. The van der Waals surface area contributed by atoms with E-state index in [1.54, 1.807) is 6.20 Å². The molecule has 3 nitrogen and oxygen atoms in total. The number of hydrogen-bond acceptors (Lipinski definition) is 3. The Morgan fingerprint density at radius 2 is 2.06 bits per heavy atom. The van der Waals surface area contributed by atoms with Gasteiger partial charge in [-0.15, -0.1) is 0 Å². The Morgan fingerprint density at radius 3 is 2.62 bits per heavy atom. The maximum atomic E-state index is 5.14. The maximum absolute atomic E-state index is 5.14. The van der Waals surface area contributed by atoms with Crippen LogP contribution in [0, 0.1) is 11.6 Å². The van der Waals surface area contributed by atoms with Crippen LogP contribution in [0.2, 0.25) is 0 Å². The van der Waals surface area contributed by atoms with Crippen molar-refractivity contribution >= 4 is 44.1 Å². The topological polar surface area (TPSA) is 41.6 Å². The number of hydrogen-bond donors (Lipinski definition) is 1. The van der Waals surface area contributed by atoms with E-state index in [4.69, 9.17) is 12.2 Å². The zero-order valence-electron chi connectivity index (χ0n) is 8.29. The van der Waals surface area contributed by atoms with Crippen LogP contribution in [0.4, 0.5) is 0 Å². The highest BCUT2D eigenvalue weighted by atomic mass is 79.9. The highest BCUT2D eigenvalue weighted by molar-refractivity contribution is 9.10. The number of aromatic amines is 1. The molecule has 2 aromatic rings. The first-order chi connectivity index (χ1) is 7.58. The second-order valence-corrected chi connectivity index (χ2v) is 5.29. The Hall–Kier alpha value is -0.590. The number of pyridine rings is 1. The van der Waals surface area contributed by atoms with Crippen LogP contribution in [0.3, 0.4) is 0 Å². The van der Waals surface area contributed by atoms with Crippen LogP contribution < -0.4 is 0 Å². The van der Waals surface area contributed by atoms with Gasteiger partial charge in [-0.25, -0.2) is 4.98 Å². The van der Waals surface area contributed by atoms with E-state index in [0.717, 1.165) is 20.3 Å². The van der Waals surface area contributed by atoms with Gasteiger partial charge < -0.3 is 4.98 Å². The average molecular weight is 361 g/mol. The Kier molecular flexibility index (Phi) is 3.51. The van der Waals surface area contributed by atoms with Gasteiger partial charge in [-0.3, -0.25) is 4.98 Å². The van der Waals surface area contributed by atoms with Gasteiger partial charge in [-0.2, -0.15) is 0 Å². The minimum atomic E-state index is 0.538. The number of halogens is 2. The van der Waals surface area contributed by atoms with E-state index in [1.165, 1.54) is 0 Å². The first-order valence-corrected chi connectivity index (χ1v) is 6.45. The molecule has 82 valence electrons. The Bertz CT molecular complexity index is 578. The monoisotopic (exact) mass is 359 g/mol. The summed E-state index contributed by atoms with van der Waals surface area (Å²) < 4.78 is 2.29. The fourth-order valence-corrected chi connectivity index (χ4v) is 1.88. The summed E-state index contributed by atoms with van der Waals surface area (Å²) in [5.41, 5.74) is 1.71. The standard InChI is InChI=1S/C10H7Br2N3S/c1-5-8(12)10(16)15-9(14-5)7-3-2-6(11)4-13-7/h2-4H,1H3,(H,14,15,16). The van der Waals surface area contributed by atoms with Gasteiger partial charge >= 0.3 is 0 Å². The van der Waals surface area contributed by atoms with E-state index < -0.39 is 0 Å². The molecule has 6 heteroatoms. The second kappa shape index (κ2) is 4.73. The lowest BCUT2D eigenvalue weighted by Gasteiger charge is -2.04. The Labute approximate surface area is 115 Å². The third-order valence-corrected chi connectivity index (χ3v) is 4.00. The average Bonchev–Trinajstić information content (AvgIpc) is 2.26. The minimum absolute atomic E-state index is 0.538. The van der Waals surface area contributed by atoms with E-state index in [0.29, 0.717) is 10.5 Å². The molecule has 0 aromatic carbocycles. The third-order valence-electron chi connectivity index (χ3n) is 2.01. The molecule has 0 radical (unpaired) electrons. The Morgan fingerprint density at radius 1 is 1.31 bits per heavy atom. The third kappa shape index (κ3) is 2.39. The van der Waals surface area contributed by atoms with Crippen LogP contribution >= 0.6 is 44.1 Å². The molecule has 0 unspecified atom stereocenters. The lowest BCUT2D eigenvalue weighted by atomic mass is 10.3. The number of nitrogens with zero attached hydrogens (tertiary/aromatic N) is 2. The molecule has 0 fully saturated rings. The summed E-state index contributed by atoms with van der Waals surface area (Å²) in [4.78, 5) is 11.7. The predicted octanol–water partition coefficient (Wildman–Crippen LogP) is 4.03. The molecular weight excluding hydrogens is 354 g/mol. The summed E-state index contributed by atoms with van der Waals surface area (Å²) >= 11 is 11.8. The quantitative estimate of drug-likeness (QED) is 0.780. The summed E-state index contributed by atoms with van der Waals surface area (Å²) in [5.74, 6) is 0.679. The Balaban J connectivity index is 2.57. The van der Waals surface area contributed by atoms with Gasteiger partial charge in [0.15, 0.2) is 5.82 Å². The van der Waals surface area contributed by atoms with Crippen LogP contribution in [0.15, 0.2) is 27.3 Å². The SMILES string of the molecule is Cc1[nH]c(-c2ccc(Br)cn2)nc(=S)c1Br. The van der Waals surface area contributed by atoms with Crippen molar-refractivity contribution in [2.24, 2.45) is 0 Å². The summed E-state index contributed by atoms with van der Waals surface area (Å²) in [6.07, 6.45) is 1.73. The van der Waals surface area contributed by atoms with Crippen molar-refractivity contribution in [1.29, 1.82) is 0 Å². The summed E-state index contributed by atoms with van der Waals surface area (Å²) in [6.45, 7) is 1.93. The molecule has 16 heavy (non-hydrogen) atoms. The van der Waals surface area contributed by atoms with Crippen molar-refractivity contribution in [2.75, 3.05) is 0 Å². The van der Waals surface area contributed by atoms with E-state index in [-0.39, 0.29) is 0 Å².